The number of nitrogens with zero attached hydrogens (tertiary/aromatic N) is 1. The first-order valence-corrected chi connectivity index (χ1v) is 7.53. The fourth-order valence-corrected chi connectivity index (χ4v) is 3.93. The Morgan fingerprint density at radius 3 is 2.88 bits per heavy atom. The molecule has 0 radical (unpaired) electrons. The van der Waals surface area contributed by atoms with Gasteiger partial charge in [0.15, 0.2) is 0 Å². The van der Waals surface area contributed by atoms with Gasteiger partial charge in [-0.1, -0.05) is 23.2 Å². The Labute approximate surface area is 117 Å². The van der Waals surface area contributed by atoms with Crippen molar-refractivity contribution < 1.29 is 0 Å². The molecule has 5 heteroatoms. The fraction of sp³-hybridized carbons (Fsp3) is 0.667. The van der Waals surface area contributed by atoms with Gasteiger partial charge < -0.3 is 5.32 Å². The highest BCUT2D eigenvalue weighted by Gasteiger charge is 2.21. The van der Waals surface area contributed by atoms with Crippen molar-refractivity contribution in [3.63, 3.8) is 0 Å². The summed E-state index contributed by atoms with van der Waals surface area (Å²) < 4.78 is 1.58. The number of halogens is 2. The van der Waals surface area contributed by atoms with Crippen LogP contribution in [0, 0.1) is 0 Å². The minimum atomic E-state index is 0.314. The molecule has 1 N–H and O–H groups in total. The summed E-state index contributed by atoms with van der Waals surface area (Å²) in [6.45, 7) is 4.39. The summed E-state index contributed by atoms with van der Waals surface area (Å²) in [4.78, 5) is 2.34. The number of likely N-dealkylation sites (N-methyl/N-ethyl adjacent to an activating group) is 1. The van der Waals surface area contributed by atoms with Crippen LogP contribution in [0.3, 0.4) is 0 Å². The molecule has 0 amide bonds. The van der Waals surface area contributed by atoms with Gasteiger partial charge in [0.2, 0.25) is 0 Å². The standard InChI is InChI=1S/C12H18Cl2N2S/c1-8(10-6-11(13)17-12(10)14)16(2)7-9-4-3-5-15-9/h6,8-9,15H,3-5,7H2,1-2H3. The SMILES string of the molecule is CC(c1cc(Cl)sc1Cl)N(C)CC1CCCN1. The summed E-state index contributed by atoms with van der Waals surface area (Å²) in [5.74, 6) is 0. The molecule has 1 saturated heterocycles. The van der Waals surface area contributed by atoms with Crippen molar-refractivity contribution in [2.45, 2.75) is 31.8 Å². The van der Waals surface area contributed by atoms with E-state index >= 15 is 0 Å². The third-order valence-corrected chi connectivity index (χ3v) is 4.98. The lowest BCUT2D eigenvalue weighted by Gasteiger charge is -2.27. The molecule has 2 atom stereocenters. The van der Waals surface area contributed by atoms with E-state index in [2.05, 4.69) is 24.2 Å². The minimum absolute atomic E-state index is 0.314. The Hall–Kier alpha value is 0.200. The maximum atomic E-state index is 6.19. The molecule has 17 heavy (non-hydrogen) atoms. The van der Waals surface area contributed by atoms with Gasteiger partial charge in [-0.3, -0.25) is 4.90 Å². The molecule has 1 aliphatic rings. The molecule has 2 rings (SSSR count). The van der Waals surface area contributed by atoms with Gasteiger partial charge in [0.1, 0.15) is 0 Å². The van der Waals surface area contributed by atoms with Crippen molar-refractivity contribution in [2.75, 3.05) is 20.1 Å². The van der Waals surface area contributed by atoms with Crippen LogP contribution in [-0.4, -0.2) is 31.1 Å². The second-order valence-electron chi connectivity index (χ2n) is 4.69. The lowest BCUT2D eigenvalue weighted by atomic mass is 10.1. The smallest absolute Gasteiger partial charge is 0.0991 e. The summed E-state index contributed by atoms with van der Waals surface area (Å²) in [5.41, 5.74) is 1.14. The predicted molar refractivity (Wildman–Crippen MR) is 76.4 cm³/mol. The minimum Gasteiger partial charge on any atom is -0.313 e. The summed E-state index contributed by atoms with van der Waals surface area (Å²) in [6, 6.07) is 2.92. The van der Waals surface area contributed by atoms with Crippen LogP contribution in [0.15, 0.2) is 6.07 Å². The second-order valence-corrected chi connectivity index (χ2v) is 6.97. The zero-order valence-electron chi connectivity index (χ0n) is 10.2. The third kappa shape index (κ3) is 3.36. The number of nitrogens with one attached hydrogen (secondary N) is 1. The Bertz CT molecular complexity index is 375. The highest BCUT2D eigenvalue weighted by molar-refractivity contribution is 7.20. The molecule has 2 unspecified atom stereocenters. The lowest BCUT2D eigenvalue weighted by molar-refractivity contribution is 0.238. The summed E-state index contributed by atoms with van der Waals surface area (Å²) >= 11 is 13.6. The molecule has 0 saturated carbocycles. The van der Waals surface area contributed by atoms with Crippen molar-refractivity contribution in [1.29, 1.82) is 0 Å². The van der Waals surface area contributed by atoms with E-state index in [0.29, 0.717) is 12.1 Å². The first-order chi connectivity index (χ1) is 8.08. The van der Waals surface area contributed by atoms with Crippen LogP contribution >= 0.6 is 34.5 Å². The summed E-state index contributed by atoms with van der Waals surface area (Å²) in [7, 11) is 2.15. The van der Waals surface area contributed by atoms with E-state index in [-0.39, 0.29) is 0 Å². The topological polar surface area (TPSA) is 15.3 Å². The largest absolute Gasteiger partial charge is 0.313 e. The molecular weight excluding hydrogens is 275 g/mol. The molecule has 0 aliphatic carbocycles. The van der Waals surface area contributed by atoms with Gasteiger partial charge in [0, 0.05) is 24.2 Å². The summed E-state index contributed by atoms with van der Waals surface area (Å²) in [6.07, 6.45) is 2.56. The first kappa shape index (κ1) is 13.6. The average molecular weight is 293 g/mol. The van der Waals surface area contributed by atoms with Crippen LogP contribution in [0.4, 0.5) is 0 Å². The molecule has 96 valence electrons. The molecule has 0 aromatic carbocycles. The molecule has 0 spiro atoms. The van der Waals surface area contributed by atoms with E-state index < -0.39 is 0 Å². The number of hydrogen-bond acceptors (Lipinski definition) is 3. The van der Waals surface area contributed by atoms with Gasteiger partial charge in [-0.05, 0) is 39.4 Å². The van der Waals surface area contributed by atoms with Gasteiger partial charge in [0.25, 0.3) is 0 Å². The Balaban J connectivity index is 1.98. The van der Waals surface area contributed by atoms with Crippen LogP contribution < -0.4 is 5.32 Å². The monoisotopic (exact) mass is 292 g/mol. The molecule has 1 aliphatic heterocycles. The van der Waals surface area contributed by atoms with Crippen molar-refractivity contribution in [1.82, 2.24) is 10.2 Å². The third-order valence-electron chi connectivity index (χ3n) is 3.47. The number of thiophene rings is 1. The predicted octanol–water partition coefficient (Wildman–Crippen LogP) is 3.80. The van der Waals surface area contributed by atoms with Crippen LogP contribution in [0.1, 0.15) is 31.4 Å². The van der Waals surface area contributed by atoms with Crippen LogP contribution in [-0.2, 0) is 0 Å². The number of rotatable bonds is 4. The Kier molecular flexibility index (Phi) is 4.72. The number of hydrogen-bond donors (Lipinski definition) is 1. The zero-order chi connectivity index (χ0) is 12.4. The first-order valence-electron chi connectivity index (χ1n) is 5.96. The highest BCUT2D eigenvalue weighted by Crippen LogP contribution is 2.36. The van der Waals surface area contributed by atoms with Gasteiger partial charge in [0.05, 0.1) is 8.67 Å². The van der Waals surface area contributed by atoms with Crippen LogP contribution in [0.2, 0.25) is 8.67 Å². The van der Waals surface area contributed by atoms with Crippen molar-refractivity contribution in [3.8, 4) is 0 Å². The van der Waals surface area contributed by atoms with Crippen molar-refractivity contribution >= 4 is 34.5 Å². The van der Waals surface area contributed by atoms with Crippen LogP contribution in [0.5, 0.6) is 0 Å². The Morgan fingerprint density at radius 2 is 2.35 bits per heavy atom. The van der Waals surface area contributed by atoms with E-state index in [4.69, 9.17) is 23.2 Å². The van der Waals surface area contributed by atoms with Gasteiger partial charge in [-0.15, -0.1) is 11.3 Å². The van der Waals surface area contributed by atoms with E-state index in [1.54, 1.807) is 0 Å². The molecule has 1 aromatic rings. The highest BCUT2D eigenvalue weighted by atomic mass is 35.5. The maximum Gasteiger partial charge on any atom is 0.0991 e. The average Bonchev–Trinajstić information content (AvgIpc) is 2.87. The second kappa shape index (κ2) is 5.89. The normalized spacial score (nSPS) is 22.3. The van der Waals surface area contributed by atoms with E-state index in [9.17, 15) is 0 Å². The van der Waals surface area contributed by atoms with E-state index in [0.717, 1.165) is 27.3 Å². The zero-order valence-corrected chi connectivity index (χ0v) is 12.5. The quantitative estimate of drug-likeness (QED) is 0.908. The van der Waals surface area contributed by atoms with Gasteiger partial charge >= 0.3 is 0 Å². The van der Waals surface area contributed by atoms with E-state index in [1.807, 2.05) is 6.07 Å². The lowest BCUT2D eigenvalue weighted by Crippen LogP contribution is -2.36. The molecule has 1 fully saturated rings. The van der Waals surface area contributed by atoms with E-state index in [1.165, 1.54) is 24.2 Å². The van der Waals surface area contributed by atoms with Crippen molar-refractivity contribution in [2.24, 2.45) is 0 Å². The maximum absolute atomic E-state index is 6.19. The summed E-state index contributed by atoms with van der Waals surface area (Å²) in [5, 5.41) is 3.52. The molecule has 2 nitrogen and oxygen atoms in total. The molecular formula is C12H18Cl2N2S. The van der Waals surface area contributed by atoms with Gasteiger partial charge in [-0.25, -0.2) is 0 Å². The van der Waals surface area contributed by atoms with Gasteiger partial charge in [-0.2, -0.15) is 0 Å². The fourth-order valence-electron chi connectivity index (χ4n) is 2.29. The molecule has 2 heterocycles. The van der Waals surface area contributed by atoms with Crippen molar-refractivity contribution in [3.05, 3.63) is 20.3 Å². The van der Waals surface area contributed by atoms with Crippen LogP contribution in [0.25, 0.3) is 0 Å². The Morgan fingerprint density at radius 1 is 1.59 bits per heavy atom. The molecule has 1 aromatic heterocycles. The molecule has 0 bridgehead atoms.